The second-order valence-electron chi connectivity index (χ2n) is 3.15. The highest BCUT2D eigenvalue weighted by Crippen LogP contribution is 2.25. The van der Waals surface area contributed by atoms with Crippen LogP contribution in [-0.2, 0) is 0 Å². The molecule has 0 fully saturated rings. The van der Waals surface area contributed by atoms with Gasteiger partial charge in [0, 0.05) is 17.3 Å². The molecule has 0 unspecified atom stereocenters. The van der Waals surface area contributed by atoms with Gasteiger partial charge < -0.3 is 0 Å². The quantitative estimate of drug-likeness (QED) is 0.708. The molecule has 0 spiro atoms. The van der Waals surface area contributed by atoms with Crippen molar-refractivity contribution in [3.05, 3.63) is 46.2 Å². The van der Waals surface area contributed by atoms with Gasteiger partial charge in [0.05, 0.1) is 5.02 Å². The SMILES string of the molecule is Cc1cnc(-c2ccccc2Cl)nc1Cl. The molecule has 1 heterocycles. The summed E-state index contributed by atoms with van der Waals surface area (Å²) in [4.78, 5) is 8.36. The summed E-state index contributed by atoms with van der Waals surface area (Å²) >= 11 is 11.9. The summed E-state index contributed by atoms with van der Waals surface area (Å²) in [7, 11) is 0. The van der Waals surface area contributed by atoms with Gasteiger partial charge in [0.1, 0.15) is 5.15 Å². The minimum absolute atomic E-state index is 0.458. The number of nitrogens with zero attached hydrogens (tertiary/aromatic N) is 2. The second kappa shape index (κ2) is 4.17. The van der Waals surface area contributed by atoms with E-state index < -0.39 is 0 Å². The van der Waals surface area contributed by atoms with Crippen molar-refractivity contribution in [1.82, 2.24) is 9.97 Å². The smallest absolute Gasteiger partial charge is 0.162 e. The number of aromatic nitrogens is 2. The summed E-state index contributed by atoms with van der Waals surface area (Å²) in [6.07, 6.45) is 1.69. The van der Waals surface area contributed by atoms with E-state index in [9.17, 15) is 0 Å². The molecule has 2 rings (SSSR count). The van der Waals surface area contributed by atoms with Gasteiger partial charge in [-0.3, -0.25) is 0 Å². The maximum absolute atomic E-state index is 6.03. The van der Waals surface area contributed by atoms with E-state index in [1.54, 1.807) is 12.3 Å². The molecule has 2 aromatic rings. The molecule has 15 heavy (non-hydrogen) atoms. The summed E-state index contributed by atoms with van der Waals surface area (Å²) < 4.78 is 0. The Morgan fingerprint density at radius 2 is 1.87 bits per heavy atom. The van der Waals surface area contributed by atoms with Gasteiger partial charge in [0.15, 0.2) is 5.82 Å². The molecule has 0 amide bonds. The van der Waals surface area contributed by atoms with Crippen LogP contribution in [0.15, 0.2) is 30.5 Å². The first-order chi connectivity index (χ1) is 7.18. The Kier molecular flexibility index (Phi) is 2.89. The minimum atomic E-state index is 0.458. The highest BCUT2D eigenvalue weighted by atomic mass is 35.5. The zero-order chi connectivity index (χ0) is 10.8. The van der Waals surface area contributed by atoms with Crippen molar-refractivity contribution in [3.8, 4) is 11.4 Å². The molecule has 1 aromatic carbocycles. The van der Waals surface area contributed by atoms with Crippen molar-refractivity contribution in [2.45, 2.75) is 6.92 Å². The molecule has 1 aromatic heterocycles. The summed E-state index contributed by atoms with van der Waals surface area (Å²) in [5.41, 5.74) is 1.65. The van der Waals surface area contributed by atoms with Gasteiger partial charge in [0.25, 0.3) is 0 Å². The van der Waals surface area contributed by atoms with Gasteiger partial charge in [-0.1, -0.05) is 35.3 Å². The average Bonchev–Trinajstić information content (AvgIpc) is 2.23. The first-order valence-electron chi connectivity index (χ1n) is 4.42. The molecule has 0 radical (unpaired) electrons. The first-order valence-corrected chi connectivity index (χ1v) is 5.18. The number of rotatable bonds is 1. The number of hydrogen-bond acceptors (Lipinski definition) is 2. The van der Waals surface area contributed by atoms with Crippen LogP contribution in [0.5, 0.6) is 0 Å². The summed E-state index contributed by atoms with van der Waals surface area (Å²) in [6.45, 7) is 1.86. The third-order valence-electron chi connectivity index (χ3n) is 2.02. The molecule has 0 atom stereocenters. The topological polar surface area (TPSA) is 25.8 Å². The van der Waals surface area contributed by atoms with Gasteiger partial charge in [-0.15, -0.1) is 0 Å². The molecule has 0 saturated heterocycles. The molecule has 0 aliphatic rings. The van der Waals surface area contributed by atoms with E-state index >= 15 is 0 Å². The van der Waals surface area contributed by atoms with E-state index in [0.29, 0.717) is 16.0 Å². The van der Waals surface area contributed by atoms with Crippen LogP contribution in [-0.4, -0.2) is 9.97 Å². The van der Waals surface area contributed by atoms with Gasteiger partial charge in [-0.05, 0) is 19.1 Å². The molecule has 0 aliphatic heterocycles. The van der Waals surface area contributed by atoms with Crippen LogP contribution >= 0.6 is 23.2 Å². The van der Waals surface area contributed by atoms with Crippen LogP contribution in [0.1, 0.15) is 5.56 Å². The van der Waals surface area contributed by atoms with E-state index in [-0.39, 0.29) is 0 Å². The minimum Gasteiger partial charge on any atom is -0.236 e. The number of halogens is 2. The second-order valence-corrected chi connectivity index (χ2v) is 3.91. The molecule has 2 nitrogen and oxygen atoms in total. The fourth-order valence-corrected chi connectivity index (χ4v) is 1.54. The van der Waals surface area contributed by atoms with E-state index in [1.165, 1.54) is 0 Å². The first kappa shape index (κ1) is 10.4. The standard InChI is InChI=1S/C11H8Cl2N2/c1-7-6-14-11(15-10(7)13)8-4-2-3-5-9(8)12/h2-6H,1H3. The lowest BCUT2D eigenvalue weighted by Gasteiger charge is -2.03. The lowest BCUT2D eigenvalue weighted by molar-refractivity contribution is 1.14. The van der Waals surface area contributed by atoms with Crippen molar-refractivity contribution >= 4 is 23.2 Å². The molecule has 0 saturated carbocycles. The van der Waals surface area contributed by atoms with Gasteiger partial charge in [-0.25, -0.2) is 9.97 Å². The van der Waals surface area contributed by atoms with Gasteiger partial charge in [-0.2, -0.15) is 0 Å². The van der Waals surface area contributed by atoms with Gasteiger partial charge >= 0.3 is 0 Å². The maximum Gasteiger partial charge on any atom is 0.162 e. The molecular formula is C11H8Cl2N2. The van der Waals surface area contributed by atoms with Crippen molar-refractivity contribution < 1.29 is 0 Å². The summed E-state index contributed by atoms with van der Waals surface area (Å²) in [5, 5.41) is 1.08. The Morgan fingerprint density at radius 1 is 1.13 bits per heavy atom. The number of aryl methyl sites for hydroxylation is 1. The molecule has 4 heteroatoms. The summed E-state index contributed by atoms with van der Waals surface area (Å²) in [5.74, 6) is 0.552. The third-order valence-corrected chi connectivity index (χ3v) is 2.74. The monoisotopic (exact) mass is 238 g/mol. The average molecular weight is 239 g/mol. The van der Waals surface area contributed by atoms with E-state index in [1.807, 2.05) is 25.1 Å². The Balaban J connectivity index is 2.55. The predicted molar refractivity (Wildman–Crippen MR) is 62.2 cm³/mol. The van der Waals surface area contributed by atoms with Crippen LogP contribution in [0.2, 0.25) is 10.2 Å². The number of hydrogen-bond donors (Lipinski definition) is 0. The molecule has 76 valence electrons. The Bertz CT molecular complexity index is 498. The Labute approximate surface area is 97.9 Å². The van der Waals surface area contributed by atoms with Crippen molar-refractivity contribution in [2.75, 3.05) is 0 Å². The largest absolute Gasteiger partial charge is 0.236 e. The third kappa shape index (κ3) is 2.11. The number of benzene rings is 1. The van der Waals surface area contributed by atoms with Crippen LogP contribution in [0.25, 0.3) is 11.4 Å². The van der Waals surface area contributed by atoms with Crippen LogP contribution in [0.4, 0.5) is 0 Å². The van der Waals surface area contributed by atoms with Crippen molar-refractivity contribution in [2.24, 2.45) is 0 Å². The fraction of sp³-hybridized carbons (Fsp3) is 0.0909. The highest BCUT2D eigenvalue weighted by Gasteiger charge is 2.07. The molecule has 0 bridgehead atoms. The fourth-order valence-electron chi connectivity index (χ4n) is 1.19. The zero-order valence-corrected chi connectivity index (χ0v) is 9.55. The maximum atomic E-state index is 6.03. The van der Waals surface area contributed by atoms with Crippen molar-refractivity contribution in [3.63, 3.8) is 0 Å². The molecular weight excluding hydrogens is 231 g/mol. The highest BCUT2D eigenvalue weighted by molar-refractivity contribution is 6.33. The predicted octanol–water partition coefficient (Wildman–Crippen LogP) is 3.76. The molecule has 0 N–H and O–H groups in total. The Morgan fingerprint density at radius 3 is 2.53 bits per heavy atom. The van der Waals surface area contributed by atoms with E-state index in [4.69, 9.17) is 23.2 Å². The van der Waals surface area contributed by atoms with Gasteiger partial charge in [0.2, 0.25) is 0 Å². The van der Waals surface area contributed by atoms with Crippen LogP contribution < -0.4 is 0 Å². The van der Waals surface area contributed by atoms with Crippen LogP contribution in [0, 0.1) is 6.92 Å². The lowest BCUT2D eigenvalue weighted by atomic mass is 10.2. The lowest BCUT2D eigenvalue weighted by Crippen LogP contribution is -1.91. The van der Waals surface area contributed by atoms with E-state index in [0.717, 1.165) is 11.1 Å². The summed E-state index contributed by atoms with van der Waals surface area (Å²) in [6, 6.07) is 7.41. The van der Waals surface area contributed by atoms with Crippen molar-refractivity contribution in [1.29, 1.82) is 0 Å². The zero-order valence-electron chi connectivity index (χ0n) is 8.04. The molecule has 0 aliphatic carbocycles. The Hall–Kier alpha value is -1.12. The van der Waals surface area contributed by atoms with E-state index in [2.05, 4.69) is 9.97 Å². The van der Waals surface area contributed by atoms with Crippen LogP contribution in [0.3, 0.4) is 0 Å². The normalized spacial score (nSPS) is 10.3.